The van der Waals surface area contributed by atoms with Crippen molar-refractivity contribution in [2.45, 2.75) is 19.8 Å². The highest BCUT2D eigenvalue weighted by molar-refractivity contribution is 7.80. The first-order chi connectivity index (χ1) is 9.16. The Morgan fingerprint density at radius 1 is 1.47 bits per heavy atom. The number of nitrogens with zero attached hydrogens (tertiary/aromatic N) is 1. The summed E-state index contributed by atoms with van der Waals surface area (Å²) in [5.41, 5.74) is 6.51. The van der Waals surface area contributed by atoms with Crippen molar-refractivity contribution < 1.29 is 4.74 Å². The van der Waals surface area contributed by atoms with Crippen LogP contribution in [0.1, 0.15) is 25.3 Å². The number of hydrogen-bond donors (Lipinski definition) is 1. The molecule has 0 radical (unpaired) electrons. The Morgan fingerprint density at radius 2 is 2.26 bits per heavy atom. The molecule has 0 amide bonds. The van der Waals surface area contributed by atoms with Crippen molar-refractivity contribution in [2.75, 3.05) is 26.2 Å². The molecule has 1 heterocycles. The number of para-hydroxylation sites is 1. The van der Waals surface area contributed by atoms with Crippen LogP contribution in [0.3, 0.4) is 0 Å². The van der Waals surface area contributed by atoms with Gasteiger partial charge >= 0.3 is 0 Å². The van der Waals surface area contributed by atoms with Gasteiger partial charge in [0.25, 0.3) is 0 Å². The van der Waals surface area contributed by atoms with E-state index in [1.165, 1.54) is 25.9 Å². The normalized spacial score (nSPS) is 20.2. The summed E-state index contributed by atoms with van der Waals surface area (Å²) in [6, 6.07) is 7.70. The molecule has 1 fully saturated rings. The fourth-order valence-electron chi connectivity index (χ4n) is 2.57. The highest BCUT2D eigenvalue weighted by atomic mass is 32.1. The largest absolute Gasteiger partial charge is 0.492 e. The van der Waals surface area contributed by atoms with Crippen molar-refractivity contribution in [3.05, 3.63) is 29.8 Å². The van der Waals surface area contributed by atoms with Gasteiger partial charge in [-0.05, 0) is 37.4 Å². The van der Waals surface area contributed by atoms with Gasteiger partial charge in [-0.25, -0.2) is 0 Å². The summed E-state index contributed by atoms with van der Waals surface area (Å²) in [7, 11) is 0. The van der Waals surface area contributed by atoms with Crippen molar-refractivity contribution in [2.24, 2.45) is 11.7 Å². The van der Waals surface area contributed by atoms with E-state index in [1.54, 1.807) is 0 Å². The molecule has 1 aromatic rings. The fourth-order valence-corrected chi connectivity index (χ4v) is 2.74. The molecule has 0 aromatic heterocycles. The Hall–Kier alpha value is -1.13. The molecule has 1 saturated heterocycles. The Labute approximate surface area is 120 Å². The van der Waals surface area contributed by atoms with E-state index in [0.29, 0.717) is 11.6 Å². The first kappa shape index (κ1) is 14.3. The monoisotopic (exact) mass is 278 g/mol. The molecule has 1 aliphatic heterocycles. The number of nitrogens with two attached hydrogens (primary N) is 1. The van der Waals surface area contributed by atoms with Crippen molar-refractivity contribution in [3.8, 4) is 5.75 Å². The Kier molecular flexibility index (Phi) is 5.16. The third-order valence-corrected chi connectivity index (χ3v) is 3.78. The molecule has 0 saturated carbocycles. The summed E-state index contributed by atoms with van der Waals surface area (Å²) in [4.78, 5) is 2.86. The standard InChI is InChI=1S/C15H22N2OS/c1-12-5-4-8-17(11-12)9-10-18-14-7-3-2-6-13(14)15(16)19/h2-3,6-7,12H,4-5,8-11H2,1H3,(H2,16,19). The highest BCUT2D eigenvalue weighted by Gasteiger charge is 2.16. The summed E-state index contributed by atoms with van der Waals surface area (Å²) < 4.78 is 5.83. The molecule has 1 aliphatic rings. The minimum absolute atomic E-state index is 0.391. The first-order valence-electron chi connectivity index (χ1n) is 6.91. The maximum Gasteiger partial charge on any atom is 0.129 e. The smallest absolute Gasteiger partial charge is 0.129 e. The molecule has 104 valence electrons. The molecular formula is C15H22N2OS. The molecule has 0 aliphatic carbocycles. The first-order valence-corrected chi connectivity index (χ1v) is 7.31. The van der Waals surface area contributed by atoms with Gasteiger partial charge in [0.05, 0.1) is 5.56 Å². The van der Waals surface area contributed by atoms with Crippen molar-refractivity contribution in [3.63, 3.8) is 0 Å². The van der Waals surface area contributed by atoms with Gasteiger partial charge < -0.3 is 10.5 Å². The maximum absolute atomic E-state index is 5.83. The Morgan fingerprint density at radius 3 is 3.00 bits per heavy atom. The molecule has 2 N–H and O–H groups in total. The van der Waals surface area contributed by atoms with Crippen molar-refractivity contribution in [1.82, 2.24) is 4.90 Å². The summed E-state index contributed by atoms with van der Waals surface area (Å²) in [6.07, 6.45) is 2.65. The predicted molar refractivity (Wildman–Crippen MR) is 82.7 cm³/mol. The number of benzene rings is 1. The van der Waals surface area contributed by atoms with E-state index in [9.17, 15) is 0 Å². The van der Waals surface area contributed by atoms with E-state index in [1.807, 2.05) is 24.3 Å². The van der Waals surface area contributed by atoms with Crippen LogP contribution in [0.5, 0.6) is 5.75 Å². The van der Waals surface area contributed by atoms with Gasteiger partial charge in [0.2, 0.25) is 0 Å². The molecular weight excluding hydrogens is 256 g/mol. The van der Waals surface area contributed by atoms with E-state index in [2.05, 4.69) is 11.8 Å². The van der Waals surface area contributed by atoms with Crippen LogP contribution in [-0.4, -0.2) is 36.1 Å². The second-order valence-corrected chi connectivity index (χ2v) is 5.70. The molecule has 3 nitrogen and oxygen atoms in total. The van der Waals surface area contributed by atoms with Crippen LogP contribution in [0.15, 0.2) is 24.3 Å². The van der Waals surface area contributed by atoms with Gasteiger partial charge in [0.15, 0.2) is 0 Å². The van der Waals surface area contributed by atoms with Crippen molar-refractivity contribution in [1.29, 1.82) is 0 Å². The molecule has 2 rings (SSSR count). The zero-order valence-corrected chi connectivity index (χ0v) is 12.3. The van der Waals surface area contributed by atoms with Crippen LogP contribution in [0.4, 0.5) is 0 Å². The van der Waals surface area contributed by atoms with Gasteiger partial charge in [0, 0.05) is 13.1 Å². The summed E-state index contributed by atoms with van der Waals surface area (Å²) >= 11 is 5.03. The molecule has 1 unspecified atom stereocenters. The van der Waals surface area contributed by atoms with Crippen molar-refractivity contribution >= 4 is 17.2 Å². The van der Waals surface area contributed by atoms with E-state index < -0.39 is 0 Å². The van der Waals surface area contributed by atoms with Gasteiger partial charge in [-0.1, -0.05) is 31.3 Å². The number of hydrogen-bond acceptors (Lipinski definition) is 3. The summed E-state index contributed by atoms with van der Waals surface area (Å²) in [5.74, 6) is 1.60. The average molecular weight is 278 g/mol. The van der Waals surface area contributed by atoms with Gasteiger partial charge in [0.1, 0.15) is 17.3 Å². The third kappa shape index (κ3) is 4.18. The summed E-state index contributed by atoms with van der Waals surface area (Å²) in [5, 5.41) is 0. The fraction of sp³-hybridized carbons (Fsp3) is 0.533. The topological polar surface area (TPSA) is 38.5 Å². The molecule has 19 heavy (non-hydrogen) atoms. The lowest BCUT2D eigenvalue weighted by molar-refractivity contribution is 0.153. The Balaban J connectivity index is 1.84. The van der Waals surface area contributed by atoms with Gasteiger partial charge in [-0.2, -0.15) is 0 Å². The number of ether oxygens (including phenoxy) is 1. The van der Waals surface area contributed by atoms with E-state index in [4.69, 9.17) is 22.7 Å². The number of piperidine rings is 1. The summed E-state index contributed by atoms with van der Waals surface area (Å²) in [6.45, 7) is 6.34. The zero-order valence-electron chi connectivity index (χ0n) is 11.5. The molecule has 1 atom stereocenters. The predicted octanol–water partition coefficient (Wildman–Crippen LogP) is 2.43. The van der Waals surface area contributed by atoms with E-state index in [-0.39, 0.29) is 0 Å². The number of thiocarbonyl (C=S) groups is 1. The number of rotatable bonds is 5. The Bertz CT molecular complexity index is 436. The zero-order chi connectivity index (χ0) is 13.7. The molecule has 0 bridgehead atoms. The lowest BCUT2D eigenvalue weighted by Crippen LogP contribution is -2.37. The lowest BCUT2D eigenvalue weighted by atomic mass is 10.0. The average Bonchev–Trinajstić information content (AvgIpc) is 2.39. The lowest BCUT2D eigenvalue weighted by Gasteiger charge is -2.30. The second kappa shape index (κ2) is 6.87. The SMILES string of the molecule is CC1CCCN(CCOc2ccccc2C(N)=S)C1. The van der Waals surface area contributed by atoms with Crippen LogP contribution in [0.25, 0.3) is 0 Å². The molecule has 0 spiro atoms. The molecule has 1 aromatic carbocycles. The molecule has 4 heteroatoms. The highest BCUT2D eigenvalue weighted by Crippen LogP contribution is 2.18. The third-order valence-electron chi connectivity index (χ3n) is 3.56. The van der Waals surface area contributed by atoms with Crippen LogP contribution in [0, 0.1) is 5.92 Å². The van der Waals surface area contributed by atoms with E-state index in [0.717, 1.165) is 23.8 Å². The van der Waals surface area contributed by atoms with Gasteiger partial charge in [-0.3, -0.25) is 4.90 Å². The number of likely N-dealkylation sites (tertiary alicyclic amines) is 1. The van der Waals surface area contributed by atoms with Gasteiger partial charge in [-0.15, -0.1) is 0 Å². The maximum atomic E-state index is 5.83. The van der Waals surface area contributed by atoms with Crippen LogP contribution >= 0.6 is 12.2 Å². The minimum atomic E-state index is 0.391. The quantitative estimate of drug-likeness (QED) is 0.840. The van der Waals surface area contributed by atoms with E-state index >= 15 is 0 Å². The van der Waals surface area contributed by atoms with Crippen LogP contribution < -0.4 is 10.5 Å². The second-order valence-electron chi connectivity index (χ2n) is 5.26. The van der Waals surface area contributed by atoms with Crippen LogP contribution in [-0.2, 0) is 0 Å². The minimum Gasteiger partial charge on any atom is -0.492 e. The van der Waals surface area contributed by atoms with Crippen LogP contribution in [0.2, 0.25) is 0 Å².